The van der Waals surface area contributed by atoms with Crippen molar-refractivity contribution in [3.63, 3.8) is 0 Å². The molecule has 0 aromatic heterocycles. The van der Waals surface area contributed by atoms with Gasteiger partial charge in [-0.1, -0.05) is 44.5 Å². The first kappa shape index (κ1) is 27.1. The highest BCUT2D eigenvalue weighted by Crippen LogP contribution is 2.65. The minimum absolute atomic E-state index is 0.0263. The molecule has 1 aromatic rings. The van der Waals surface area contributed by atoms with E-state index < -0.39 is 0 Å². The zero-order valence-electron chi connectivity index (χ0n) is 23.6. The van der Waals surface area contributed by atoms with Crippen molar-refractivity contribution in [2.75, 3.05) is 6.61 Å². The van der Waals surface area contributed by atoms with Crippen LogP contribution in [0.15, 0.2) is 41.5 Å². The number of carbonyl (C=O) groups excluding carboxylic acids is 3. The lowest BCUT2D eigenvalue weighted by molar-refractivity contribution is -0.143. The number of hydrogen-bond acceptors (Lipinski definition) is 5. The Labute approximate surface area is 227 Å². The quantitative estimate of drug-likeness (QED) is 0.359. The fourth-order valence-corrected chi connectivity index (χ4v) is 8.83. The zero-order chi connectivity index (χ0) is 27.1. The van der Waals surface area contributed by atoms with Crippen LogP contribution >= 0.6 is 0 Å². The van der Waals surface area contributed by atoms with Gasteiger partial charge in [-0.25, -0.2) is 4.79 Å². The fraction of sp³-hybridized carbons (Fsp3) is 0.667. The maximum Gasteiger partial charge on any atom is 0.338 e. The van der Waals surface area contributed by atoms with E-state index in [2.05, 4.69) is 20.8 Å². The lowest BCUT2D eigenvalue weighted by Crippen LogP contribution is -2.49. The molecule has 5 rings (SSSR count). The van der Waals surface area contributed by atoms with Crippen molar-refractivity contribution in [1.29, 1.82) is 0 Å². The second-order valence-corrected chi connectivity index (χ2v) is 12.9. The van der Waals surface area contributed by atoms with E-state index in [1.54, 1.807) is 0 Å². The largest absolute Gasteiger partial charge is 0.466 e. The van der Waals surface area contributed by atoms with E-state index in [0.29, 0.717) is 54.5 Å². The summed E-state index contributed by atoms with van der Waals surface area (Å²) in [7, 11) is 0. The van der Waals surface area contributed by atoms with Gasteiger partial charge in [0, 0.05) is 18.4 Å². The van der Waals surface area contributed by atoms with Crippen LogP contribution in [0.4, 0.5) is 0 Å². The molecule has 0 radical (unpaired) electrons. The van der Waals surface area contributed by atoms with E-state index in [-0.39, 0.29) is 28.9 Å². The Kier molecular flexibility index (Phi) is 7.59. The van der Waals surface area contributed by atoms with E-state index in [1.807, 2.05) is 37.3 Å². The van der Waals surface area contributed by atoms with E-state index in [0.717, 1.165) is 56.9 Å². The lowest BCUT2D eigenvalue weighted by atomic mass is 9.48. The molecule has 0 N–H and O–H groups in total. The molecule has 0 unspecified atom stereocenters. The summed E-state index contributed by atoms with van der Waals surface area (Å²) in [5.41, 5.74) is 3.30. The molecule has 0 aliphatic heterocycles. The number of allylic oxidation sites excluding steroid dienone is 2. The number of hydrogen-bond donors (Lipinski definition) is 0. The average Bonchev–Trinajstić information content (AvgIpc) is 3.18. The van der Waals surface area contributed by atoms with Crippen molar-refractivity contribution in [1.82, 2.24) is 0 Å². The first-order valence-corrected chi connectivity index (χ1v) is 14.9. The van der Waals surface area contributed by atoms with Crippen molar-refractivity contribution >= 4 is 17.7 Å². The molecule has 7 atom stereocenters. The van der Waals surface area contributed by atoms with Crippen LogP contribution < -0.4 is 0 Å². The maximum atomic E-state index is 13.6. The Morgan fingerprint density at radius 1 is 1.08 bits per heavy atom. The topological polar surface area (TPSA) is 69.7 Å². The molecule has 206 valence electrons. The van der Waals surface area contributed by atoms with Gasteiger partial charge < -0.3 is 9.47 Å². The lowest BCUT2D eigenvalue weighted by Gasteiger charge is -2.56. The summed E-state index contributed by atoms with van der Waals surface area (Å²) in [5, 5.41) is 0. The monoisotopic (exact) mass is 520 g/mol. The minimum atomic E-state index is -0.217. The second-order valence-electron chi connectivity index (χ2n) is 12.9. The number of rotatable bonds is 7. The molecule has 0 saturated heterocycles. The summed E-state index contributed by atoms with van der Waals surface area (Å²) in [5.74, 6) is 1.58. The number of ether oxygens (including phenoxy) is 2. The molecule has 4 aliphatic rings. The maximum absolute atomic E-state index is 13.6. The number of esters is 2. The van der Waals surface area contributed by atoms with Gasteiger partial charge in [0.1, 0.15) is 6.10 Å². The standard InChI is InChI=1S/C33H44O5/c1-5-37-29(35)14-11-21(2)27-20-28(34)30-25-13-12-23-19-24(38-31(36)22-9-7-6-8-10-22)15-17-32(23,3)26(25)16-18-33(27,30)4/h6-10,21,23-24,26-27H,5,11-20H2,1-4H3/t21-,23+,24+,26+,27-,32+,33-/m1/s1. The van der Waals surface area contributed by atoms with Crippen molar-refractivity contribution in [3.05, 3.63) is 47.0 Å². The van der Waals surface area contributed by atoms with Gasteiger partial charge in [0.25, 0.3) is 0 Å². The van der Waals surface area contributed by atoms with Crippen LogP contribution in [0, 0.1) is 34.5 Å². The van der Waals surface area contributed by atoms with Crippen LogP contribution in [-0.4, -0.2) is 30.4 Å². The first-order chi connectivity index (χ1) is 18.2. The summed E-state index contributed by atoms with van der Waals surface area (Å²) in [4.78, 5) is 38.3. The molecule has 5 nitrogen and oxygen atoms in total. The van der Waals surface area contributed by atoms with Crippen LogP contribution in [0.2, 0.25) is 0 Å². The van der Waals surface area contributed by atoms with Crippen molar-refractivity contribution in [2.24, 2.45) is 34.5 Å². The number of carbonyl (C=O) groups is 3. The zero-order valence-corrected chi connectivity index (χ0v) is 23.6. The van der Waals surface area contributed by atoms with Gasteiger partial charge in [0.05, 0.1) is 12.2 Å². The predicted molar refractivity (Wildman–Crippen MR) is 146 cm³/mol. The van der Waals surface area contributed by atoms with Gasteiger partial charge in [0.15, 0.2) is 5.78 Å². The normalized spacial score (nSPS) is 35.1. The van der Waals surface area contributed by atoms with Gasteiger partial charge in [-0.3, -0.25) is 9.59 Å². The third-order valence-corrected chi connectivity index (χ3v) is 10.9. The van der Waals surface area contributed by atoms with Crippen molar-refractivity contribution in [3.8, 4) is 0 Å². The number of ketones is 1. The highest BCUT2D eigenvalue weighted by molar-refractivity contribution is 6.00. The Balaban J connectivity index is 1.30. The Bertz CT molecular complexity index is 1110. The molecular weight excluding hydrogens is 476 g/mol. The molecule has 0 spiro atoms. The summed E-state index contributed by atoms with van der Waals surface area (Å²) in [6, 6.07) is 9.29. The Morgan fingerprint density at radius 2 is 1.84 bits per heavy atom. The molecule has 1 aromatic carbocycles. The number of fused-ring (bicyclic) bond motifs is 4. The summed E-state index contributed by atoms with van der Waals surface area (Å²) < 4.78 is 11.1. The second kappa shape index (κ2) is 10.6. The van der Waals surface area contributed by atoms with Gasteiger partial charge in [0.2, 0.25) is 0 Å². The molecule has 0 amide bonds. The molecule has 3 fully saturated rings. The van der Waals surface area contributed by atoms with E-state index >= 15 is 0 Å². The summed E-state index contributed by atoms with van der Waals surface area (Å²) in [6.07, 6.45) is 8.89. The predicted octanol–water partition coefficient (Wildman–Crippen LogP) is 7.09. The Hall–Kier alpha value is -2.43. The van der Waals surface area contributed by atoms with Gasteiger partial charge in [-0.15, -0.1) is 0 Å². The highest BCUT2D eigenvalue weighted by Gasteiger charge is 2.58. The third-order valence-electron chi connectivity index (χ3n) is 10.9. The van der Waals surface area contributed by atoms with Gasteiger partial charge in [-0.2, -0.15) is 0 Å². The van der Waals surface area contributed by atoms with Crippen molar-refractivity contribution in [2.45, 2.75) is 98.0 Å². The smallest absolute Gasteiger partial charge is 0.338 e. The van der Waals surface area contributed by atoms with Crippen LogP contribution in [0.1, 0.15) is 102 Å². The summed E-state index contributed by atoms with van der Waals surface area (Å²) in [6.45, 7) is 9.25. The SMILES string of the molecule is CCOC(=O)CC[C@@H](C)[C@H]1CC(=O)C2=C3CC[C@H]4C[C@@H](OC(=O)c5ccccc5)CC[C@]4(C)[C@H]3CC[C@@]21C. The molecule has 38 heavy (non-hydrogen) atoms. The van der Waals surface area contributed by atoms with Crippen LogP contribution in [-0.2, 0) is 19.1 Å². The number of benzene rings is 1. The van der Waals surface area contributed by atoms with Crippen molar-refractivity contribution < 1.29 is 23.9 Å². The van der Waals surface area contributed by atoms with Crippen LogP contribution in [0.25, 0.3) is 0 Å². The molecular formula is C33H44O5. The summed E-state index contributed by atoms with van der Waals surface area (Å²) >= 11 is 0. The third kappa shape index (κ3) is 4.75. The van der Waals surface area contributed by atoms with Crippen LogP contribution in [0.5, 0.6) is 0 Å². The van der Waals surface area contributed by atoms with E-state index in [1.165, 1.54) is 5.57 Å². The molecule has 0 bridgehead atoms. The fourth-order valence-electron chi connectivity index (χ4n) is 8.83. The van der Waals surface area contributed by atoms with E-state index in [9.17, 15) is 14.4 Å². The van der Waals surface area contributed by atoms with Crippen LogP contribution in [0.3, 0.4) is 0 Å². The first-order valence-electron chi connectivity index (χ1n) is 14.9. The van der Waals surface area contributed by atoms with E-state index in [4.69, 9.17) is 9.47 Å². The molecule has 4 aliphatic carbocycles. The van der Waals surface area contributed by atoms with Gasteiger partial charge >= 0.3 is 11.9 Å². The molecule has 0 heterocycles. The highest BCUT2D eigenvalue weighted by atomic mass is 16.5. The Morgan fingerprint density at radius 3 is 2.58 bits per heavy atom. The van der Waals surface area contributed by atoms with Gasteiger partial charge in [-0.05, 0) is 105 Å². The average molecular weight is 521 g/mol. The number of Topliss-reactive ketones (excluding diaryl/α,β-unsaturated/α-hetero) is 1. The molecule has 3 saturated carbocycles. The minimum Gasteiger partial charge on any atom is -0.466 e. The molecule has 5 heteroatoms.